The maximum absolute atomic E-state index is 6.10. The van der Waals surface area contributed by atoms with Crippen molar-refractivity contribution < 1.29 is 0 Å². The van der Waals surface area contributed by atoms with Crippen molar-refractivity contribution in [3.05, 3.63) is 47.4 Å². The Kier molecular flexibility index (Phi) is 3.27. The van der Waals surface area contributed by atoms with Crippen LogP contribution in [0.25, 0.3) is 20.7 Å². The predicted octanol–water partition coefficient (Wildman–Crippen LogP) is 5.31. The van der Waals surface area contributed by atoms with Crippen LogP contribution < -0.4 is 0 Å². The van der Waals surface area contributed by atoms with Crippen LogP contribution in [0.3, 0.4) is 0 Å². The highest BCUT2D eigenvalue weighted by molar-refractivity contribution is 7.22. The number of aromatic nitrogens is 2. The number of benzene rings is 1. The molecule has 0 amide bonds. The van der Waals surface area contributed by atoms with Crippen molar-refractivity contribution in [1.29, 1.82) is 0 Å². The van der Waals surface area contributed by atoms with Gasteiger partial charge in [0, 0.05) is 4.88 Å². The van der Waals surface area contributed by atoms with Crippen LogP contribution in [0.1, 0.15) is 26.3 Å². The highest BCUT2D eigenvalue weighted by atomic mass is 35.5. The molecular formula is C16H15ClN2S. The summed E-state index contributed by atoms with van der Waals surface area (Å²) in [5.74, 6) is 0. The quantitative estimate of drug-likeness (QED) is 0.569. The SMILES string of the molecule is CC(C)(C)c1ccc(-c2cc3ncnc(Cl)c3s2)cc1. The topological polar surface area (TPSA) is 25.8 Å². The summed E-state index contributed by atoms with van der Waals surface area (Å²) in [5.41, 5.74) is 3.61. The predicted molar refractivity (Wildman–Crippen MR) is 86.6 cm³/mol. The number of hydrogen-bond acceptors (Lipinski definition) is 3. The van der Waals surface area contributed by atoms with Gasteiger partial charge in [0.05, 0.1) is 10.2 Å². The van der Waals surface area contributed by atoms with Gasteiger partial charge in [0.25, 0.3) is 0 Å². The summed E-state index contributed by atoms with van der Waals surface area (Å²) in [4.78, 5) is 9.45. The normalized spacial score (nSPS) is 12.0. The monoisotopic (exact) mass is 302 g/mol. The molecule has 0 radical (unpaired) electrons. The molecule has 2 nitrogen and oxygen atoms in total. The molecule has 0 spiro atoms. The molecule has 0 aliphatic heterocycles. The third-order valence-electron chi connectivity index (χ3n) is 3.30. The number of fused-ring (bicyclic) bond motifs is 1. The highest BCUT2D eigenvalue weighted by Gasteiger charge is 2.14. The van der Waals surface area contributed by atoms with E-state index in [1.165, 1.54) is 22.3 Å². The molecule has 3 aromatic rings. The molecule has 2 aromatic heterocycles. The first-order valence-corrected chi connectivity index (χ1v) is 7.65. The summed E-state index contributed by atoms with van der Waals surface area (Å²) in [6.07, 6.45) is 1.50. The summed E-state index contributed by atoms with van der Waals surface area (Å²) in [6, 6.07) is 10.8. The van der Waals surface area contributed by atoms with E-state index in [-0.39, 0.29) is 5.41 Å². The lowest BCUT2D eigenvalue weighted by Crippen LogP contribution is -2.10. The lowest BCUT2D eigenvalue weighted by atomic mass is 9.86. The van der Waals surface area contributed by atoms with Gasteiger partial charge >= 0.3 is 0 Å². The molecule has 1 aromatic carbocycles. The van der Waals surface area contributed by atoms with E-state index in [2.05, 4.69) is 61.1 Å². The molecule has 102 valence electrons. The molecule has 0 N–H and O–H groups in total. The second kappa shape index (κ2) is 4.83. The maximum atomic E-state index is 6.10. The summed E-state index contributed by atoms with van der Waals surface area (Å²) in [5, 5.41) is 0.526. The van der Waals surface area contributed by atoms with Crippen LogP contribution >= 0.6 is 22.9 Å². The molecule has 0 fully saturated rings. The fraction of sp³-hybridized carbons (Fsp3) is 0.250. The van der Waals surface area contributed by atoms with Crippen molar-refractivity contribution in [2.75, 3.05) is 0 Å². The fourth-order valence-corrected chi connectivity index (χ4v) is 3.36. The Labute approximate surface area is 127 Å². The Morgan fingerprint density at radius 1 is 1.05 bits per heavy atom. The third kappa shape index (κ3) is 2.43. The lowest BCUT2D eigenvalue weighted by molar-refractivity contribution is 0.590. The second-order valence-electron chi connectivity index (χ2n) is 5.82. The number of nitrogens with zero attached hydrogens (tertiary/aromatic N) is 2. The Morgan fingerprint density at radius 2 is 1.75 bits per heavy atom. The zero-order chi connectivity index (χ0) is 14.3. The number of rotatable bonds is 1. The first kappa shape index (κ1) is 13.5. The van der Waals surface area contributed by atoms with Crippen LogP contribution in [-0.2, 0) is 5.41 Å². The summed E-state index contributed by atoms with van der Waals surface area (Å²) >= 11 is 7.74. The van der Waals surface area contributed by atoms with Gasteiger partial charge < -0.3 is 0 Å². The zero-order valence-electron chi connectivity index (χ0n) is 11.6. The van der Waals surface area contributed by atoms with E-state index in [9.17, 15) is 0 Å². The molecule has 0 bridgehead atoms. The molecule has 0 unspecified atom stereocenters. The van der Waals surface area contributed by atoms with Gasteiger partial charge in [-0.05, 0) is 22.6 Å². The molecule has 3 rings (SSSR count). The van der Waals surface area contributed by atoms with Crippen LogP contribution in [-0.4, -0.2) is 9.97 Å². The molecule has 0 aliphatic carbocycles. The first-order chi connectivity index (χ1) is 9.45. The summed E-state index contributed by atoms with van der Waals surface area (Å²) in [6.45, 7) is 6.66. The van der Waals surface area contributed by atoms with Crippen LogP contribution in [0.2, 0.25) is 5.15 Å². The van der Waals surface area contributed by atoms with Crippen LogP contribution in [0.4, 0.5) is 0 Å². The van der Waals surface area contributed by atoms with Crippen molar-refractivity contribution in [1.82, 2.24) is 9.97 Å². The first-order valence-electron chi connectivity index (χ1n) is 6.46. The molecule has 0 atom stereocenters. The summed E-state index contributed by atoms with van der Waals surface area (Å²) < 4.78 is 0.948. The highest BCUT2D eigenvalue weighted by Crippen LogP contribution is 2.36. The molecule has 0 saturated heterocycles. The molecule has 20 heavy (non-hydrogen) atoms. The Balaban J connectivity index is 2.05. The minimum atomic E-state index is 0.174. The number of hydrogen-bond donors (Lipinski definition) is 0. The van der Waals surface area contributed by atoms with Crippen LogP contribution in [0.5, 0.6) is 0 Å². The van der Waals surface area contributed by atoms with Gasteiger partial charge in [0.2, 0.25) is 0 Å². The Hall–Kier alpha value is -1.45. The van der Waals surface area contributed by atoms with Crippen molar-refractivity contribution in [2.24, 2.45) is 0 Å². The van der Waals surface area contributed by atoms with E-state index in [1.807, 2.05) is 0 Å². The van der Waals surface area contributed by atoms with Gasteiger partial charge in [-0.25, -0.2) is 9.97 Å². The number of thiophene rings is 1. The largest absolute Gasteiger partial charge is 0.235 e. The van der Waals surface area contributed by atoms with E-state index < -0.39 is 0 Å². The Morgan fingerprint density at radius 3 is 2.35 bits per heavy atom. The molecule has 2 heterocycles. The lowest BCUT2D eigenvalue weighted by Gasteiger charge is -2.18. The molecular weight excluding hydrogens is 288 g/mol. The average Bonchev–Trinajstić information content (AvgIpc) is 2.83. The van der Waals surface area contributed by atoms with Gasteiger partial charge in [0.1, 0.15) is 11.5 Å². The van der Waals surface area contributed by atoms with Gasteiger partial charge in [0.15, 0.2) is 0 Å². The van der Waals surface area contributed by atoms with E-state index in [0.29, 0.717) is 5.15 Å². The van der Waals surface area contributed by atoms with Crippen LogP contribution in [0.15, 0.2) is 36.7 Å². The summed E-state index contributed by atoms with van der Waals surface area (Å²) in [7, 11) is 0. The third-order valence-corrected chi connectivity index (χ3v) is 4.88. The van der Waals surface area contributed by atoms with Crippen molar-refractivity contribution in [3.8, 4) is 10.4 Å². The molecule has 4 heteroatoms. The molecule has 0 saturated carbocycles. The second-order valence-corrected chi connectivity index (χ2v) is 7.23. The standard InChI is InChI=1S/C16H15ClN2S/c1-16(2,3)11-6-4-10(5-7-11)13-8-12-14(20-13)15(17)19-9-18-12/h4-9H,1-3H3. The van der Waals surface area contributed by atoms with Crippen molar-refractivity contribution in [2.45, 2.75) is 26.2 Å². The smallest absolute Gasteiger partial charge is 0.150 e. The minimum Gasteiger partial charge on any atom is -0.235 e. The molecule has 0 aliphatic rings. The fourth-order valence-electron chi connectivity index (χ4n) is 2.10. The zero-order valence-corrected chi connectivity index (χ0v) is 13.2. The van der Waals surface area contributed by atoms with E-state index in [4.69, 9.17) is 11.6 Å². The van der Waals surface area contributed by atoms with Gasteiger partial charge in [-0.15, -0.1) is 11.3 Å². The van der Waals surface area contributed by atoms with Gasteiger partial charge in [-0.3, -0.25) is 0 Å². The van der Waals surface area contributed by atoms with Crippen LogP contribution in [0, 0.1) is 0 Å². The Bertz CT molecular complexity index is 754. The maximum Gasteiger partial charge on any atom is 0.150 e. The van der Waals surface area contributed by atoms with E-state index in [1.54, 1.807) is 11.3 Å². The average molecular weight is 303 g/mol. The van der Waals surface area contributed by atoms with Gasteiger partial charge in [-0.2, -0.15) is 0 Å². The van der Waals surface area contributed by atoms with Crippen molar-refractivity contribution in [3.63, 3.8) is 0 Å². The minimum absolute atomic E-state index is 0.174. The van der Waals surface area contributed by atoms with E-state index in [0.717, 1.165) is 10.2 Å². The number of halogens is 1. The van der Waals surface area contributed by atoms with Crippen molar-refractivity contribution >= 4 is 33.2 Å². The van der Waals surface area contributed by atoms with Gasteiger partial charge in [-0.1, -0.05) is 56.6 Å². The van der Waals surface area contributed by atoms with E-state index >= 15 is 0 Å².